The number of nitrogens with one attached hydrogen (secondary N) is 2. The van der Waals surface area contributed by atoms with Gasteiger partial charge >= 0.3 is 6.03 Å². The van der Waals surface area contributed by atoms with Crippen molar-refractivity contribution >= 4 is 11.7 Å². The molecule has 0 aliphatic rings. The van der Waals surface area contributed by atoms with Gasteiger partial charge in [-0.3, -0.25) is 0 Å². The maximum atomic E-state index is 11.7. The van der Waals surface area contributed by atoms with Gasteiger partial charge in [-0.15, -0.1) is 0 Å². The molecule has 20 heavy (non-hydrogen) atoms. The summed E-state index contributed by atoms with van der Waals surface area (Å²) in [5, 5.41) is 14.2. The first-order chi connectivity index (χ1) is 9.67. The van der Waals surface area contributed by atoms with Crippen molar-refractivity contribution in [2.45, 2.75) is 13.5 Å². The summed E-state index contributed by atoms with van der Waals surface area (Å²) < 4.78 is 0. The smallest absolute Gasteiger partial charge is 0.319 e. The van der Waals surface area contributed by atoms with E-state index in [0.717, 1.165) is 16.8 Å². The minimum absolute atomic E-state index is 0.252. The van der Waals surface area contributed by atoms with E-state index < -0.39 is 0 Å². The predicted molar refractivity (Wildman–Crippen MR) is 78.2 cm³/mol. The molecule has 2 N–H and O–H groups in total. The number of carbonyl (C=O) groups is 1. The van der Waals surface area contributed by atoms with E-state index in [4.69, 9.17) is 5.26 Å². The second-order valence-electron chi connectivity index (χ2n) is 4.48. The molecule has 2 amide bonds. The van der Waals surface area contributed by atoms with Crippen LogP contribution in [0.2, 0.25) is 0 Å². The molecule has 0 radical (unpaired) electrons. The van der Waals surface area contributed by atoms with E-state index in [1.807, 2.05) is 43.3 Å². The van der Waals surface area contributed by atoms with Crippen molar-refractivity contribution in [3.05, 3.63) is 65.2 Å². The van der Waals surface area contributed by atoms with Crippen LogP contribution < -0.4 is 10.6 Å². The highest BCUT2D eigenvalue weighted by Gasteiger charge is 2.01. The van der Waals surface area contributed by atoms with Crippen LogP contribution in [0.25, 0.3) is 0 Å². The summed E-state index contributed by atoms with van der Waals surface area (Å²) in [6.45, 7) is 2.41. The van der Waals surface area contributed by atoms with E-state index in [9.17, 15) is 4.79 Å². The fourth-order valence-electron chi connectivity index (χ4n) is 1.69. The van der Waals surface area contributed by atoms with Gasteiger partial charge in [-0.05, 0) is 36.8 Å². The molecule has 100 valence electrons. The Morgan fingerprint density at radius 3 is 2.35 bits per heavy atom. The van der Waals surface area contributed by atoms with E-state index in [1.54, 1.807) is 12.1 Å². The van der Waals surface area contributed by atoms with E-state index >= 15 is 0 Å². The molecule has 0 spiro atoms. The summed E-state index contributed by atoms with van der Waals surface area (Å²) >= 11 is 0. The van der Waals surface area contributed by atoms with Crippen LogP contribution in [0.4, 0.5) is 10.5 Å². The molecule has 4 heteroatoms. The lowest BCUT2D eigenvalue weighted by Crippen LogP contribution is -2.28. The average molecular weight is 265 g/mol. The first kappa shape index (κ1) is 13.6. The van der Waals surface area contributed by atoms with E-state index in [2.05, 4.69) is 16.7 Å². The number of urea groups is 1. The normalized spacial score (nSPS) is 9.60. The lowest BCUT2D eigenvalue weighted by atomic mass is 10.1. The number of benzene rings is 2. The Balaban J connectivity index is 1.85. The maximum Gasteiger partial charge on any atom is 0.319 e. The zero-order valence-electron chi connectivity index (χ0n) is 11.2. The van der Waals surface area contributed by atoms with Crippen LogP contribution in [0.1, 0.15) is 16.7 Å². The molecule has 0 aliphatic heterocycles. The molecule has 4 nitrogen and oxygen atoms in total. The van der Waals surface area contributed by atoms with Crippen LogP contribution in [0, 0.1) is 18.3 Å². The maximum absolute atomic E-state index is 11.7. The van der Waals surface area contributed by atoms with Gasteiger partial charge in [-0.2, -0.15) is 5.26 Å². The first-order valence-electron chi connectivity index (χ1n) is 6.28. The molecule has 2 aromatic rings. The number of hydrogen-bond acceptors (Lipinski definition) is 2. The van der Waals surface area contributed by atoms with Crippen molar-refractivity contribution in [3.8, 4) is 6.07 Å². The Kier molecular flexibility index (Phi) is 4.35. The van der Waals surface area contributed by atoms with Gasteiger partial charge in [0.15, 0.2) is 0 Å². The van der Waals surface area contributed by atoms with Gasteiger partial charge in [0, 0.05) is 12.2 Å². The van der Waals surface area contributed by atoms with Gasteiger partial charge < -0.3 is 10.6 Å². The zero-order valence-corrected chi connectivity index (χ0v) is 11.2. The Labute approximate surface area is 118 Å². The Morgan fingerprint density at radius 2 is 1.75 bits per heavy atom. The van der Waals surface area contributed by atoms with Crippen molar-refractivity contribution in [1.29, 1.82) is 5.26 Å². The number of rotatable bonds is 3. The molecule has 0 aliphatic carbocycles. The van der Waals surface area contributed by atoms with Crippen LogP contribution in [0.15, 0.2) is 48.5 Å². The highest BCUT2D eigenvalue weighted by Crippen LogP contribution is 2.08. The van der Waals surface area contributed by atoms with Crippen molar-refractivity contribution in [1.82, 2.24) is 5.32 Å². The van der Waals surface area contributed by atoms with E-state index in [-0.39, 0.29) is 6.03 Å². The fourth-order valence-corrected chi connectivity index (χ4v) is 1.69. The van der Waals surface area contributed by atoms with Gasteiger partial charge in [-0.25, -0.2) is 4.79 Å². The second kappa shape index (κ2) is 6.39. The average Bonchev–Trinajstić information content (AvgIpc) is 2.48. The highest BCUT2D eigenvalue weighted by atomic mass is 16.2. The molecule has 0 saturated heterocycles. The van der Waals surface area contributed by atoms with E-state index in [1.165, 1.54) is 0 Å². The second-order valence-corrected chi connectivity index (χ2v) is 4.48. The summed E-state index contributed by atoms with van der Waals surface area (Å²) in [5.41, 5.74) is 3.46. The number of aryl methyl sites for hydroxylation is 1. The fraction of sp³-hybridized carbons (Fsp3) is 0.125. The molecule has 0 atom stereocenters. The topological polar surface area (TPSA) is 64.9 Å². The van der Waals surface area contributed by atoms with Gasteiger partial charge in [0.2, 0.25) is 0 Å². The third kappa shape index (κ3) is 3.85. The number of carbonyl (C=O) groups excluding carboxylic acids is 1. The molecular formula is C16H15N3O. The van der Waals surface area contributed by atoms with Crippen LogP contribution in [0.5, 0.6) is 0 Å². The van der Waals surface area contributed by atoms with Gasteiger partial charge in [0.1, 0.15) is 0 Å². The predicted octanol–water partition coefficient (Wildman–Crippen LogP) is 3.19. The number of amides is 2. The summed E-state index contributed by atoms with van der Waals surface area (Å²) in [7, 11) is 0. The lowest BCUT2D eigenvalue weighted by Gasteiger charge is -2.08. The summed E-state index contributed by atoms with van der Waals surface area (Å²) in [6, 6.07) is 16.5. The molecule has 0 unspecified atom stereocenters. The van der Waals surface area contributed by atoms with Gasteiger partial charge in [0.05, 0.1) is 11.6 Å². The quantitative estimate of drug-likeness (QED) is 0.895. The molecule has 0 bridgehead atoms. The van der Waals surface area contributed by atoms with Crippen LogP contribution in [0.3, 0.4) is 0 Å². The zero-order chi connectivity index (χ0) is 14.4. The van der Waals surface area contributed by atoms with Gasteiger partial charge in [0.25, 0.3) is 0 Å². The third-order valence-corrected chi connectivity index (χ3v) is 2.85. The number of anilines is 1. The van der Waals surface area contributed by atoms with Crippen molar-refractivity contribution < 1.29 is 4.79 Å². The number of hydrogen-bond donors (Lipinski definition) is 2. The number of nitriles is 1. The Bertz CT molecular complexity index is 624. The standard InChI is InChI=1S/C16H15N3O/c1-12-2-8-15(9-3-12)19-16(20)18-11-14-6-4-13(10-17)5-7-14/h2-9H,11H2,1H3,(H2,18,19,20). The number of nitrogens with zero attached hydrogens (tertiary/aromatic N) is 1. The SMILES string of the molecule is Cc1ccc(NC(=O)NCc2ccc(C#N)cc2)cc1. The van der Waals surface area contributed by atoms with Crippen molar-refractivity contribution in [3.63, 3.8) is 0 Å². The molecule has 2 rings (SSSR count). The minimum atomic E-state index is -0.252. The van der Waals surface area contributed by atoms with Gasteiger partial charge in [-0.1, -0.05) is 29.8 Å². The molecule has 0 saturated carbocycles. The monoisotopic (exact) mass is 265 g/mol. The summed E-state index contributed by atoms with van der Waals surface area (Å²) in [4.78, 5) is 11.7. The van der Waals surface area contributed by atoms with Crippen LogP contribution in [-0.4, -0.2) is 6.03 Å². The van der Waals surface area contributed by atoms with Crippen LogP contribution >= 0.6 is 0 Å². The largest absolute Gasteiger partial charge is 0.334 e. The molecule has 0 aromatic heterocycles. The lowest BCUT2D eigenvalue weighted by molar-refractivity contribution is 0.251. The first-order valence-corrected chi connectivity index (χ1v) is 6.28. The van der Waals surface area contributed by atoms with Crippen molar-refractivity contribution in [2.24, 2.45) is 0 Å². The highest BCUT2D eigenvalue weighted by molar-refractivity contribution is 5.89. The summed E-state index contributed by atoms with van der Waals surface area (Å²) in [6.07, 6.45) is 0. The molecule has 0 heterocycles. The Morgan fingerprint density at radius 1 is 1.10 bits per heavy atom. The molecule has 2 aromatic carbocycles. The van der Waals surface area contributed by atoms with Crippen molar-refractivity contribution in [2.75, 3.05) is 5.32 Å². The molecule has 0 fully saturated rings. The van der Waals surface area contributed by atoms with Crippen LogP contribution in [-0.2, 0) is 6.54 Å². The third-order valence-electron chi connectivity index (χ3n) is 2.85. The van der Waals surface area contributed by atoms with E-state index in [0.29, 0.717) is 12.1 Å². The molecular weight excluding hydrogens is 250 g/mol. The summed E-state index contributed by atoms with van der Waals surface area (Å²) in [5.74, 6) is 0. The Hall–Kier alpha value is -2.80. The minimum Gasteiger partial charge on any atom is -0.334 e.